The number of para-hydroxylation sites is 2. The van der Waals surface area contributed by atoms with Crippen molar-refractivity contribution in [3.8, 4) is 0 Å². The minimum absolute atomic E-state index is 0.182. The number of rotatable bonds is 5. The second kappa shape index (κ2) is 9.18. The van der Waals surface area contributed by atoms with Gasteiger partial charge in [0.2, 0.25) is 10.0 Å². The van der Waals surface area contributed by atoms with Crippen LogP contribution in [0.4, 0.5) is 11.4 Å². The van der Waals surface area contributed by atoms with Crippen LogP contribution in [0.1, 0.15) is 48.9 Å². The number of carbonyl (C=O) groups excluding carboxylic acids is 1. The lowest BCUT2D eigenvalue weighted by atomic mass is 10.1. The third kappa shape index (κ3) is 4.52. The van der Waals surface area contributed by atoms with Gasteiger partial charge in [0.05, 0.1) is 16.3 Å². The van der Waals surface area contributed by atoms with Crippen LogP contribution in [0.3, 0.4) is 0 Å². The van der Waals surface area contributed by atoms with Crippen molar-refractivity contribution in [2.75, 3.05) is 36.4 Å². The van der Waals surface area contributed by atoms with Gasteiger partial charge in [-0.2, -0.15) is 4.31 Å². The van der Waals surface area contributed by atoms with Crippen LogP contribution < -0.4 is 10.2 Å². The van der Waals surface area contributed by atoms with Crippen molar-refractivity contribution in [2.45, 2.75) is 43.4 Å². The molecule has 2 aromatic rings. The number of sulfonamides is 1. The number of amides is 1. The largest absolute Gasteiger partial charge is 0.370 e. The molecule has 4 rings (SSSR count). The van der Waals surface area contributed by atoms with Gasteiger partial charge in [-0.3, -0.25) is 4.79 Å². The van der Waals surface area contributed by atoms with E-state index in [9.17, 15) is 13.2 Å². The smallest absolute Gasteiger partial charge is 0.255 e. The van der Waals surface area contributed by atoms with Crippen LogP contribution in [-0.2, 0) is 10.0 Å². The van der Waals surface area contributed by atoms with Gasteiger partial charge in [-0.05, 0) is 62.4 Å². The van der Waals surface area contributed by atoms with Gasteiger partial charge < -0.3 is 10.2 Å². The zero-order chi connectivity index (χ0) is 21.0. The molecule has 2 aliphatic rings. The first-order valence-corrected chi connectivity index (χ1v) is 12.3. The first-order valence-electron chi connectivity index (χ1n) is 10.8. The summed E-state index contributed by atoms with van der Waals surface area (Å²) in [5, 5.41) is 2.99. The highest BCUT2D eigenvalue weighted by Gasteiger charge is 2.26. The van der Waals surface area contributed by atoms with Gasteiger partial charge in [0.15, 0.2) is 0 Å². The Morgan fingerprint density at radius 2 is 1.47 bits per heavy atom. The molecule has 0 bridgehead atoms. The quantitative estimate of drug-likeness (QED) is 0.780. The summed E-state index contributed by atoms with van der Waals surface area (Å²) in [5.74, 6) is -0.296. The average Bonchev–Trinajstić information content (AvgIpc) is 2.80. The number of nitrogens with zero attached hydrogens (tertiary/aromatic N) is 2. The maximum absolute atomic E-state index is 13.0. The van der Waals surface area contributed by atoms with Gasteiger partial charge in [0.25, 0.3) is 5.91 Å². The molecule has 6 nitrogen and oxygen atoms in total. The van der Waals surface area contributed by atoms with E-state index < -0.39 is 10.0 Å². The van der Waals surface area contributed by atoms with E-state index in [1.807, 2.05) is 24.3 Å². The summed E-state index contributed by atoms with van der Waals surface area (Å²) in [6.07, 6.45) is 6.37. The molecule has 0 radical (unpaired) electrons. The molecule has 0 aliphatic carbocycles. The van der Waals surface area contributed by atoms with E-state index in [4.69, 9.17) is 0 Å². The molecule has 0 unspecified atom stereocenters. The van der Waals surface area contributed by atoms with Crippen molar-refractivity contribution in [1.29, 1.82) is 0 Å². The van der Waals surface area contributed by atoms with E-state index in [0.717, 1.165) is 56.6 Å². The number of carbonyl (C=O) groups is 1. The minimum atomic E-state index is -3.57. The Labute approximate surface area is 178 Å². The van der Waals surface area contributed by atoms with Crippen molar-refractivity contribution >= 4 is 27.3 Å². The van der Waals surface area contributed by atoms with Gasteiger partial charge in [0, 0.05) is 31.7 Å². The zero-order valence-electron chi connectivity index (χ0n) is 17.2. The Morgan fingerprint density at radius 3 is 2.20 bits per heavy atom. The van der Waals surface area contributed by atoms with Crippen LogP contribution in [0.25, 0.3) is 0 Å². The lowest BCUT2D eigenvalue weighted by molar-refractivity contribution is 0.102. The molecule has 0 atom stereocenters. The Kier molecular flexibility index (Phi) is 6.39. The summed E-state index contributed by atoms with van der Waals surface area (Å²) >= 11 is 0. The third-order valence-electron chi connectivity index (χ3n) is 5.90. The van der Waals surface area contributed by atoms with Crippen LogP contribution in [0.15, 0.2) is 53.4 Å². The molecule has 30 heavy (non-hydrogen) atoms. The maximum atomic E-state index is 13.0. The summed E-state index contributed by atoms with van der Waals surface area (Å²) in [5.41, 5.74) is 2.12. The lowest BCUT2D eigenvalue weighted by Gasteiger charge is -2.30. The Morgan fingerprint density at radius 1 is 0.800 bits per heavy atom. The van der Waals surface area contributed by atoms with Crippen LogP contribution in [0.2, 0.25) is 0 Å². The SMILES string of the molecule is O=C(Nc1ccccc1N1CCCCC1)c1cccc(S(=O)(=O)N2CCCCC2)c1. The predicted molar refractivity (Wildman–Crippen MR) is 120 cm³/mol. The van der Waals surface area contributed by atoms with Crippen molar-refractivity contribution in [3.05, 3.63) is 54.1 Å². The van der Waals surface area contributed by atoms with Crippen LogP contribution in [0, 0.1) is 0 Å². The van der Waals surface area contributed by atoms with Gasteiger partial charge in [-0.1, -0.05) is 24.6 Å². The fourth-order valence-corrected chi connectivity index (χ4v) is 5.80. The highest BCUT2D eigenvalue weighted by Crippen LogP contribution is 2.29. The molecule has 2 aliphatic heterocycles. The third-order valence-corrected chi connectivity index (χ3v) is 7.79. The van der Waals surface area contributed by atoms with Crippen molar-refractivity contribution in [1.82, 2.24) is 4.31 Å². The fraction of sp³-hybridized carbons (Fsp3) is 0.435. The van der Waals surface area contributed by atoms with E-state index in [1.165, 1.54) is 16.8 Å². The van der Waals surface area contributed by atoms with E-state index in [2.05, 4.69) is 10.2 Å². The second-order valence-corrected chi connectivity index (χ2v) is 9.95. The summed E-state index contributed by atoms with van der Waals surface area (Å²) in [7, 11) is -3.57. The summed E-state index contributed by atoms with van der Waals surface area (Å²) < 4.78 is 27.5. The topological polar surface area (TPSA) is 69.7 Å². The standard InChI is InChI=1S/C23H29N3O3S/c27-23(24-21-12-3-4-13-22(21)25-14-5-1-6-15-25)19-10-9-11-20(18-19)30(28,29)26-16-7-2-8-17-26/h3-4,9-13,18H,1-2,5-8,14-17H2,(H,24,27). The van der Waals surface area contributed by atoms with Crippen molar-refractivity contribution in [3.63, 3.8) is 0 Å². The second-order valence-electron chi connectivity index (χ2n) is 8.01. The molecule has 2 heterocycles. The molecule has 2 saturated heterocycles. The number of hydrogen-bond donors (Lipinski definition) is 1. The fourth-order valence-electron chi connectivity index (χ4n) is 4.24. The zero-order valence-corrected chi connectivity index (χ0v) is 18.0. The summed E-state index contributed by atoms with van der Waals surface area (Å²) in [6, 6.07) is 14.2. The number of nitrogens with one attached hydrogen (secondary N) is 1. The molecule has 7 heteroatoms. The molecule has 0 aromatic heterocycles. The van der Waals surface area contributed by atoms with E-state index in [-0.39, 0.29) is 10.8 Å². The number of hydrogen-bond acceptors (Lipinski definition) is 4. The lowest BCUT2D eigenvalue weighted by Crippen LogP contribution is -2.35. The molecule has 0 spiro atoms. The van der Waals surface area contributed by atoms with Gasteiger partial charge in [-0.25, -0.2) is 8.42 Å². The summed E-state index contributed by atoms with van der Waals surface area (Å²) in [6.45, 7) is 3.05. The summed E-state index contributed by atoms with van der Waals surface area (Å²) in [4.78, 5) is 15.5. The van der Waals surface area contributed by atoms with E-state index >= 15 is 0 Å². The Hall–Kier alpha value is -2.38. The van der Waals surface area contributed by atoms with E-state index in [1.54, 1.807) is 18.2 Å². The molecule has 1 amide bonds. The monoisotopic (exact) mass is 427 g/mol. The van der Waals surface area contributed by atoms with Gasteiger partial charge in [0.1, 0.15) is 0 Å². The van der Waals surface area contributed by atoms with Crippen LogP contribution >= 0.6 is 0 Å². The maximum Gasteiger partial charge on any atom is 0.255 e. The Bertz CT molecular complexity index is 994. The molecular formula is C23H29N3O3S. The van der Waals surface area contributed by atoms with E-state index in [0.29, 0.717) is 18.7 Å². The van der Waals surface area contributed by atoms with Crippen LogP contribution in [-0.4, -0.2) is 44.8 Å². The number of benzene rings is 2. The average molecular weight is 428 g/mol. The molecule has 0 saturated carbocycles. The molecule has 2 fully saturated rings. The number of anilines is 2. The predicted octanol–water partition coefficient (Wildman–Crippen LogP) is 4.10. The van der Waals surface area contributed by atoms with Gasteiger partial charge >= 0.3 is 0 Å². The molecule has 160 valence electrons. The number of piperidine rings is 2. The molecule has 1 N–H and O–H groups in total. The highest BCUT2D eigenvalue weighted by molar-refractivity contribution is 7.89. The first kappa shape index (κ1) is 20.9. The molecular weight excluding hydrogens is 398 g/mol. The van der Waals surface area contributed by atoms with Crippen LogP contribution in [0.5, 0.6) is 0 Å². The Balaban J connectivity index is 1.54. The molecule has 2 aromatic carbocycles. The first-order chi connectivity index (χ1) is 14.6. The van der Waals surface area contributed by atoms with Gasteiger partial charge in [-0.15, -0.1) is 0 Å². The minimum Gasteiger partial charge on any atom is -0.370 e. The normalized spacial score (nSPS) is 18.2. The highest BCUT2D eigenvalue weighted by atomic mass is 32.2. The van der Waals surface area contributed by atoms with Crippen molar-refractivity contribution in [2.24, 2.45) is 0 Å². The van der Waals surface area contributed by atoms with Crippen molar-refractivity contribution < 1.29 is 13.2 Å².